The fourth-order valence-electron chi connectivity index (χ4n) is 2.27. The van der Waals surface area contributed by atoms with Crippen molar-refractivity contribution in [2.24, 2.45) is 0 Å². The van der Waals surface area contributed by atoms with Crippen molar-refractivity contribution < 1.29 is 4.42 Å². The predicted octanol–water partition coefficient (Wildman–Crippen LogP) is 3.70. The molecule has 3 nitrogen and oxygen atoms in total. The molecule has 0 aliphatic heterocycles. The second kappa shape index (κ2) is 7.07. The number of nitrogens with one attached hydrogen (secondary N) is 1. The zero-order valence-electron chi connectivity index (χ0n) is 12.2. The third-order valence-corrected chi connectivity index (χ3v) is 3.67. The van der Waals surface area contributed by atoms with Crippen molar-refractivity contribution in [3.05, 3.63) is 57.5 Å². The molecule has 0 saturated heterocycles. The molecule has 0 saturated carbocycles. The number of hydrogen-bond donors (Lipinski definition) is 1. The zero-order chi connectivity index (χ0) is 14.5. The normalized spacial score (nSPS) is 11.2. The molecular formula is C16H21BrN2O. The molecule has 0 amide bonds. The van der Waals surface area contributed by atoms with Crippen molar-refractivity contribution in [1.82, 2.24) is 10.2 Å². The minimum Gasteiger partial charge on any atom is -0.463 e. The summed E-state index contributed by atoms with van der Waals surface area (Å²) in [6.07, 6.45) is 0. The van der Waals surface area contributed by atoms with E-state index in [-0.39, 0.29) is 0 Å². The average Bonchev–Trinajstić information content (AvgIpc) is 2.70. The van der Waals surface area contributed by atoms with E-state index in [9.17, 15) is 0 Å². The molecule has 0 unspecified atom stereocenters. The molecule has 0 atom stereocenters. The van der Waals surface area contributed by atoms with Gasteiger partial charge in [0.25, 0.3) is 0 Å². The summed E-state index contributed by atoms with van der Waals surface area (Å²) in [4.78, 5) is 2.25. The Bertz CT molecular complexity index is 565. The molecule has 1 heterocycles. The van der Waals surface area contributed by atoms with Crippen molar-refractivity contribution in [3.8, 4) is 0 Å². The van der Waals surface area contributed by atoms with Crippen LogP contribution in [0, 0.1) is 6.92 Å². The van der Waals surface area contributed by atoms with E-state index < -0.39 is 0 Å². The largest absolute Gasteiger partial charge is 0.463 e. The van der Waals surface area contributed by atoms with E-state index in [1.165, 1.54) is 11.1 Å². The van der Waals surface area contributed by atoms with Gasteiger partial charge in [-0.1, -0.05) is 28.1 Å². The maximum atomic E-state index is 5.87. The fraction of sp³-hybridized carbons (Fsp3) is 0.375. The molecule has 0 aliphatic rings. The summed E-state index contributed by atoms with van der Waals surface area (Å²) in [6.45, 7) is 4.59. The monoisotopic (exact) mass is 336 g/mol. The number of aryl methyl sites for hydroxylation is 1. The van der Waals surface area contributed by atoms with Crippen LogP contribution in [0.2, 0.25) is 0 Å². The molecule has 1 aromatic carbocycles. The summed E-state index contributed by atoms with van der Waals surface area (Å²) >= 11 is 3.51. The van der Waals surface area contributed by atoms with E-state index in [1.807, 2.05) is 13.1 Å². The van der Waals surface area contributed by atoms with Crippen LogP contribution in [0.5, 0.6) is 0 Å². The highest BCUT2D eigenvalue weighted by atomic mass is 79.9. The van der Waals surface area contributed by atoms with Crippen LogP contribution in [-0.4, -0.2) is 19.0 Å². The van der Waals surface area contributed by atoms with Gasteiger partial charge in [0.15, 0.2) is 0 Å². The predicted molar refractivity (Wildman–Crippen MR) is 85.5 cm³/mol. The van der Waals surface area contributed by atoms with Gasteiger partial charge < -0.3 is 9.73 Å². The first-order valence-electron chi connectivity index (χ1n) is 6.74. The highest BCUT2D eigenvalue weighted by Gasteiger charge is 2.09. The van der Waals surface area contributed by atoms with Crippen molar-refractivity contribution >= 4 is 15.9 Å². The highest BCUT2D eigenvalue weighted by molar-refractivity contribution is 9.10. The first kappa shape index (κ1) is 15.3. The van der Waals surface area contributed by atoms with Crippen LogP contribution in [0.1, 0.15) is 22.6 Å². The SMILES string of the molecule is CNCc1oc(CN(C)Cc2cccc(Br)c2)cc1C. The van der Waals surface area contributed by atoms with E-state index in [4.69, 9.17) is 4.42 Å². The van der Waals surface area contributed by atoms with Gasteiger partial charge in [0.05, 0.1) is 13.1 Å². The molecule has 0 aliphatic carbocycles. The van der Waals surface area contributed by atoms with E-state index in [1.54, 1.807) is 0 Å². The molecule has 0 spiro atoms. The Morgan fingerprint density at radius 2 is 2.05 bits per heavy atom. The topological polar surface area (TPSA) is 28.4 Å². The van der Waals surface area contributed by atoms with E-state index >= 15 is 0 Å². The summed E-state index contributed by atoms with van der Waals surface area (Å²) in [5, 5.41) is 3.12. The average molecular weight is 337 g/mol. The van der Waals surface area contributed by atoms with Gasteiger partial charge in [0, 0.05) is 11.0 Å². The number of nitrogens with zero attached hydrogens (tertiary/aromatic N) is 1. The number of hydrogen-bond acceptors (Lipinski definition) is 3. The van der Waals surface area contributed by atoms with Gasteiger partial charge in [0.2, 0.25) is 0 Å². The molecule has 108 valence electrons. The lowest BCUT2D eigenvalue weighted by Crippen LogP contribution is -2.16. The maximum absolute atomic E-state index is 5.87. The van der Waals surface area contributed by atoms with Crippen molar-refractivity contribution in [3.63, 3.8) is 0 Å². The molecule has 0 bridgehead atoms. The molecular weight excluding hydrogens is 316 g/mol. The van der Waals surface area contributed by atoms with Crippen LogP contribution in [0.3, 0.4) is 0 Å². The standard InChI is InChI=1S/C16H21BrN2O/c1-12-7-15(20-16(12)9-18-2)11-19(3)10-13-5-4-6-14(17)8-13/h4-8,18H,9-11H2,1-3H3. The second-order valence-corrected chi connectivity index (χ2v) is 6.07. The molecule has 2 rings (SSSR count). The van der Waals surface area contributed by atoms with Crippen molar-refractivity contribution in [2.75, 3.05) is 14.1 Å². The number of halogens is 1. The van der Waals surface area contributed by atoms with E-state index in [0.29, 0.717) is 0 Å². The van der Waals surface area contributed by atoms with E-state index in [0.717, 1.165) is 35.6 Å². The summed E-state index contributed by atoms with van der Waals surface area (Å²) in [6, 6.07) is 10.5. The number of benzene rings is 1. The molecule has 0 radical (unpaired) electrons. The Balaban J connectivity index is 1.97. The van der Waals surface area contributed by atoms with Gasteiger partial charge in [-0.2, -0.15) is 0 Å². The minimum absolute atomic E-state index is 0.779. The zero-order valence-corrected chi connectivity index (χ0v) is 13.8. The molecule has 0 fully saturated rings. The maximum Gasteiger partial charge on any atom is 0.120 e. The lowest BCUT2D eigenvalue weighted by atomic mass is 10.2. The van der Waals surface area contributed by atoms with Crippen molar-refractivity contribution in [2.45, 2.75) is 26.6 Å². The van der Waals surface area contributed by atoms with Gasteiger partial charge in [-0.25, -0.2) is 0 Å². The van der Waals surface area contributed by atoms with E-state index in [2.05, 4.69) is 64.4 Å². The van der Waals surface area contributed by atoms with Crippen LogP contribution < -0.4 is 5.32 Å². The smallest absolute Gasteiger partial charge is 0.120 e. The van der Waals surface area contributed by atoms with Gasteiger partial charge in [-0.15, -0.1) is 0 Å². The Morgan fingerprint density at radius 3 is 2.75 bits per heavy atom. The number of rotatable bonds is 6. The lowest BCUT2D eigenvalue weighted by Gasteiger charge is -2.15. The first-order valence-corrected chi connectivity index (χ1v) is 7.53. The Kier molecular flexibility index (Phi) is 5.40. The third kappa shape index (κ3) is 4.20. The molecule has 2 aromatic rings. The summed E-state index contributed by atoms with van der Waals surface area (Å²) in [7, 11) is 4.04. The quantitative estimate of drug-likeness (QED) is 0.871. The van der Waals surface area contributed by atoms with Crippen LogP contribution in [0.15, 0.2) is 39.2 Å². The van der Waals surface area contributed by atoms with Crippen LogP contribution in [0.25, 0.3) is 0 Å². The summed E-state index contributed by atoms with van der Waals surface area (Å²) in [5.74, 6) is 2.05. The Labute approximate surface area is 129 Å². The van der Waals surface area contributed by atoms with Gasteiger partial charge in [0.1, 0.15) is 11.5 Å². The third-order valence-electron chi connectivity index (χ3n) is 3.18. The van der Waals surface area contributed by atoms with Crippen LogP contribution in [0.4, 0.5) is 0 Å². The van der Waals surface area contributed by atoms with Gasteiger partial charge in [-0.3, -0.25) is 4.90 Å². The van der Waals surface area contributed by atoms with Crippen molar-refractivity contribution in [1.29, 1.82) is 0 Å². The van der Waals surface area contributed by atoms with Gasteiger partial charge >= 0.3 is 0 Å². The first-order chi connectivity index (χ1) is 9.58. The summed E-state index contributed by atoms with van der Waals surface area (Å²) in [5.41, 5.74) is 2.51. The van der Waals surface area contributed by atoms with Crippen LogP contribution >= 0.6 is 15.9 Å². The molecule has 1 aromatic heterocycles. The second-order valence-electron chi connectivity index (χ2n) is 5.15. The molecule has 1 N–H and O–H groups in total. The summed E-state index contributed by atoms with van der Waals surface area (Å²) < 4.78 is 6.99. The fourth-order valence-corrected chi connectivity index (χ4v) is 2.72. The molecule has 4 heteroatoms. The Hall–Kier alpha value is -1.10. The number of furan rings is 1. The lowest BCUT2D eigenvalue weighted by molar-refractivity contribution is 0.283. The highest BCUT2D eigenvalue weighted by Crippen LogP contribution is 2.18. The van der Waals surface area contributed by atoms with Crippen LogP contribution in [-0.2, 0) is 19.6 Å². The minimum atomic E-state index is 0.779. The van der Waals surface area contributed by atoms with Gasteiger partial charge in [-0.05, 0) is 50.3 Å². The Morgan fingerprint density at radius 1 is 1.25 bits per heavy atom. The molecule has 20 heavy (non-hydrogen) atoms.